The second-order valence-corrected chi connectivity index (χ2v) is 9.47. The van der Waals surface area contributed by atoms with E-state index in [-0.39, 0.29) is 5.41 Å². The van der Waals surface area contributed by atoms with E-state index in [0.29, 0.717) is 12.0 Å². The second kappa shape index (κ2) is 7.20. The molecule has 6 nitrogen and oxygen atoms in total. The normalized spacial score (nSPS) is 21.6. The van der Waals surface area contributed by atoms with Gasteiger partial charge < -0.3 is 5.32 Å². The SMILES string of the molecule is CN1CCCC(CNc2ccc3nnc(C(C)(C)C)n3n2)C1c1cccs1. The van der Waals surface area contributed by atoms with Crippen molar-refractivity contribution >= 4 is 22.8 Å². The molecule has 0 aromatic carbocycles. The number of fused-ring (bicyclic) bond motifs is 1. The third-order valence-electron chi connectivity index (χ3n) is 5.32. The molecule has 0 aliphatic carbocycles. The molecule has 1 fully saturated rings. The summed E-state index contributed by atoms with van der Waals surface area (Å²) in [4.78, 5) is 3.96. The lowest BCUT2D eigenvalue weighted by atomic mass is 9.88. The molecule has 1 aliphatic rings. The van der Waals surface area contributed by atoms with E-state index < -0.39 is 0 Å². The highest BCUT2D eigenvalue weighted by Gasteiger charge is 2.31. The maximum absolute atomic E-state index is 4.76. The van der Waals surface area contributed by atoms with Crippen LogP contribution in [0.1, 0.15) is 50.4 Å². The molecule has 0 bridgehead atoms. The van der Waals surface area contributed by atoms with Gasteiger partial charge >= 0.3 is 0 Å². The van der Waals surface area contributed by atoms with Crippen molar-refractivity contribution < 1.29 is 0 Å². The molecule has 27 heavy (non-hydrogen) atoms. The second-order valence-electron chi connectivity index (χ2n) is 8.49. The van der Waals surface area contributed by atoms with Gasteiger partial charge in [0.1, 0.15) is 5.82 Å². The molecule has 2 atom stereocenters. The predicted octanol–water partition coefficient (Wildman–Crippen LogP) is 3.98. The van der Waals surface area contributed by atoms with E-state index in [1.807, 2.05) is 28.0 Å². The molecule has 2 unspecified atom stereocenters. The Kier molecular flexibility index (Phi) is 4.90. The van der Waals surface area contributed by atoms with E-state index >= 15 is 0 Å². The summed E-state index contributed by atoms with van der Waals surface area (Å²) in [5.41, 5.74) is 0.695. The summed E-state index contributed by atoms with van der Waals surface area (Å²) in [5.74, 6) is 2.34. The Morgan fingerprint density at radius 3 is 2.81 bits per heavy atom. The minimum Gasteiger partial charge on any atom is -0.368 e. The number of anilines is 1. The zero-order chi connectivity index (χ0) is 19.0. The molecule has 1 saturated heterocycles. The van der Waals surface area contributed by atoms with Crippen LogP contribution in [0.2, 0.25) is 0 Å². The van der Waals surface area contributed by atoms with Gasteiger partial charge in [-0.05, 0) is 55.9 Å². The molecule has 1 N–H and O–H groups in total. The van der Waals surface area contributed by atoms with Crippen molar-refractivity contribution in [2.45, 2.75) is 45.1 Å². The lowest BCUT2D eigenvalue weighted by Gasteiger charge is -2.39. The molecular weight excluding hydrogens is 356 g/mol. The fraction of sp³-hybridized carbons (Fsp3) is 0.550. The molecule has 0 amide bonds. The van der Waals surface area contributed by atoms with E-state index in [4.69, 9.17) is 5.10 Å². The fourth-order valence-corrected chi connectivity index (χ4v) is 4.95. The largest absolute Gasteiger partial charge is 0.368 e. The summed E-state index contributed by atoms with van der Waals surface area (Å²) in [7, 11) is 2.24. The molecule has 4 rings (SSSR count). The van der Waals surface area contributed by atoms with Crippen LogP contribution in [0.5, 0.6) is 0 Å². The predicted molar refractivity (Wildman–Crippen MR) is 110 cm³/mol. The van der Waals surface area contributed by atoms with Gasteiger partial charge in [0.2, 0.25) is 0 Å². The van der Waals surface area contributed by atoms with Crippen LogP contribution in [-0.2, 0) is 5.41 Å². The van der Waals surface area contributed by atoms with Crippen molar-refractivity contribution in [1.29, 1.82) is 0 Å². The van der Waals surface area contributed by atoms with Gasteiger partial charge in [0.25, 0.3) is 0 Å². The first kappa shape index (κ1) is 18.4. The smallest absolute Gasteiger partial charge is 0.178 e. The summed E-state index contributed by atoms with van der Waals surface area (Å²) in [6.07, 6.45) is 2.48. The van der Waals surface area contributed by atoms with Gasteiger partial charge in [-0.25, -0.2) is 0 Å². The van der Waals surface area contributed by atoms with Gasteiger partial charge in [0, 0.05) is 22.9 Å². The van der Waals surface area contributed by atoms with Crippen molar-refractivity contribution in [2.24, 2.45) is 5.92 Å². The van der Waals surface area contributed by atoms with Crippen molar-refractivity contribution in [3.63, 3.8) is 0 Å². The fourth-order valence-electron chi connectivity index (χ4n) is 3.97. The molecule has 144 valence electrons. The average Bonchev–Trinajstić information content (AvgIpc) is 3.28. The van der Waals surface area contributed by atoms with E-state index in [9.17, 15) is 0 Å². The highest BCUT2D eigenvalue weighted by atomic mass is 32.1. The topological polar surface area (TPSA) is 58.3 Å². The number of hydrogen-bond acceptors (Lipinski definition) is 6. The highest BCUT2D eigenvalue weighted by molar-refractivity contribution is 7.10. The molecule has 0 saturated carbocycles. The summed E-state index contributed by atoms with van der Waals surface area (Å²) >= 11 is 1.86. The van der Waals surface area contributed by atoms with Crippen LogP contribution >= 0.6 is 11.3 Å². The van der Waals surface area contributed by atoms with Crippen LogP contribution in [0.4, 0.5) is 5.82 Å². The Bertz CT molecular complexity index is 895. The minimum atomic E-state index is -0.0958. The summed E-state index contributed by atoms with van der Waals surface area (Å²) in [6.45, 7) is 8.48. The first-order valence-electron chi connectivity index (χ1n) is 9.64. The van der Waals surface area contributed by atoms with Gasteiger partial charge in [-0.2, -0.15) is 4.52 Å². The first-order valence-corrected chi connectivity index (χ1v) is 10.5. The van der Waals surface area contributed by atoms with E-state index in [1.54, 1.807) is 0 Å². The van der Waals surface area contributed by atoms with Crippen molar-refractivity contribution in [1.82, 2.24) is 24.7 Å². The van der Waals surface area contributed by atoms with Crippen LogP contribution in [0.25, 0.3) is 5.65 Å². The maximum atomic E-state index is 4.76. The van der Waals surface area contributed by atoms with Gasteiger partial charge in [-0.1, -0.05) is 26.8 Å². The summed E-state index contributed by atoms with van der Waals surface area (Å²) in [6, 6.07) is 8.89. The molecule has 1 aliphatic heterocycles. The minimum absolute atomic E-state index is 0.0958. The summed E-state index contributed by atoms with van der Waals surface area (Å²) < 4.78 is 1.87. The Labute approximate surface area is 164 Å². The lowest BCUT2D eigenvalue weighted by molar-refractivity contribution is 0.130. The van der Waals surface area contributed by atoms with Gasteiger partial charge in [0.15, 0.2) is 11.5 Å². The van der Waals surface area contributed by atoms with E-state index in [2.05, 4.69) is 65.7 Å². The van der Waals surface area contributed by atoms with Gasteiger partial charge in [0.05, 0.1) is 0 Å². The van der Waals surface area contributed by atoms with Crippen molar-refractivity contribution in [3.05, 3.63) is 40.3 Å². The molecule has 3 aromatic rings. The van der Waals surface area contributed by atoms with Crippen LogP contribution < -0.4 is 5.32 Å². The Morgan fingerprint density at radius 2 is 2.07 bits per heavy atom. The van der Waals surface area contributed by atoms with Crippen LogP contribution in [0, 0.1) is 5.92 Å². The zero-order valence-corrected chi connectivity index (χ0v) is 17.3. The number of thiophene rings is 1. The highest BCUT2D eigenvalue weighted by Crippen LogP contribution is 2.37. The Balaban J connectivity index is 1.54. The Morgan fingerprint density at radius 1 is 1.22 bits per heavy atom. The lowest BCUT2D eigenvalue weighted by Crippen LogP contribution is -2.38. The molecule has 0 spiro atoms. The third kappa shape index (κ3) is 3.71. The average molecular weight is 385 g/mol. The van der Waals surface area contributed by atoms with E-state index in [0.717, 1.165) is 23.8 Å². The zero-order valence-electron chi connectivity index (χ0n) is 16.5. The number of nitrogens with zero attached hydrogens (tertiary/aromatic N) is 5. The number of nitrogens with one attached hydrogen (secondary N) is 1. The first-order chi connectivity index (χ1) is 12.9. The molecule has 3 aromatic heterocycles. The number of hydrogen-bond donors (Lipinski definition) is 1. The van der Waals surface area contributed by atoms with Crippen molar-refractivity contribution in [3.8, 4) is 0 Å². The van der Waals surface area contributed by atoms with Crippen LogP contribution in [0.3, 0.4) is 0 Å². The summed E-state index contributed by atoms with van der Waals surface area (Å²) in [5, 5.41) is 19.1. The van der Waals surface area contributed by atoms with Gasteiger partial charge in [-0.3, -0.25) is 4.90 Å². The Hall–Kier alpha value is -1.99. The van der Waals surface area contributed by atoms with Crippen LogP contribution in [0.15, 0.2) is 29.6 Å². The third-order valence-corrected chi connectivity index (χ3v) is 6.26. The standard InChI is InChI=1S/C20H28N6S/c1-20(2,3)19-23-22-17-10-9-16(24-26(17)19)21-13-14-7-5-11-25(4)18(14)15-8-6-12-27-15/h6,8-10,12,14,18H,5,7,11,13H2,1-4H3,(H,21,24). The molecular formula is C20H28N6S. The van der Waals surface area contributed by atoms with Crippen molar-refractivity contribution in [2.75, 3.05) is 25.5 Å². The van der Waals surface area contributed by atoms with Gasteiger partial charge in [-0.15, -0.1) is 26.6 Å². The number of rotatable bonds is 4. The molecule has 4 heterocycles. The molecule has 7 heteroatoms. The number of piperidine rings is 1. The number of aromatic nitrogens is 4. The van der Waals surface area contributed by atoms with E-state index in [1.165, 1.54) is 24.3 Å². The van der Waals surface area contributed by atoms with Crippen LogP contribution in [-0.4, -0.2) is 44.8 Å². The number of likely N-dealkylation sites (tertiary alicyclic amines) is 1. The quantitative estimate of drug-likeness (QED) is 0.737. The molecule has 0 radical (unpaired) electrons. The monoisotopic (exact) mass is 384 g/mol. The maximum Gasteiger partial charge on any atom is 0.178 e.